The minimum Gasteiger partial charge on any atom is -0.455 e. The van der Waals surface area contributed by atoms with Crippen LogP contribution >= 0.6 is 11.3 Å². The number of benzene rings is 2. The van der Waals surface area contributed by atoms with Crippen LogP contribution in [0.25, 0.3) is 0 Å². The zero-order valence-corrected chi connectivity index (χ0v) is 19.9. The number of carbonyl (C=O) groups excluding carboxylic acids is 2. The van der Waals surface area contributed by atoms with Crippen LogP contribution in [-0.2, 0) is 27.3 Å². The standard InChI is InChI=1S/C24H24N4O6S/c1-16-4-2-3-5-20(16)26-22(29)13-23-25-17(15-35-23)14-34-24(30)19-12-18(28(31)32)6-7-21(19)27-8-10-33-11-9-27/h2-7,12,15H,8-11,13-14H2,1H3,(H,26,29). The second-order valence-corrected chi connectivity index (χ2v) is 8.85. The van der Waals surface area contributed by atoms with Crippen LogP contribution in [-0.4, -0.2) is 48.1 Å². The van der Waals surface area contributed by atoms with Crippen molar-refractivity contribution < 1.29 is 24.0 Å². The Labute approximate surface area is 205 Å². The number of amides is 1. The zero-order valence-electron chi connectivity index (χ0n) is 19.1. The van der Waals surface area contributed by atoms with Crippen molar-refractivity contribution in [2.75, 3.05) is 36.5 Å². The fraction of sp³-hybridized carbons (Fsp3) is 0.292. The SMILES string of the molecule is Cc1ccccc1NC(=O)Cc1nc(COC(=O)c2cc([N+](=O)[O-])ccc2N2CCOCC2)cs1. The Bertz CT molecular complexity index is 1240. The highest BCUT2D eigenvalue weighted by Crippen LogP contribution is 2.27. The minimum absolute atomic E-state index is 0.0962. The molecule has 182 valence electrons. The molecule has 1 fully saturated rings. The predicted octanol–water partition coefficient (Wildman–Crippen LogP) is 3.73. The number of rotatable bonds is 8. The molecule has 2 aromatic carbocycles. The lowest BCUT2D eigenvalue weighted by Gasteiger charge is -2.30. The van der Waals surface area contributed by atoms with Crippen molar-refractivity contribution in [3.63, 3.8) is 0 Å². The molecule has 1 N–H and O–H groups in total. The van der Waals surface area contributed by atoms with Gasteiger partial charge in [0.05, 0.1) is 41.5 Å². The number of hydrogen-bond acceptors (Lipinski definition) is 9. The van der Waals surface area contributed by atoms with Gasteiger partial charge in [0, 0.05) is 36.3 Å². The molecule has 3 aromatic rings. The van der Waals surface area contributed by atoms with Gasteiger partial charge in [-0.3, -0.25) is 14.9 Å². The summed E-state index contributed by atoms with van der Waals surface area (Å²) in [6.07, 6.45) is 0.0962. The number of aryl methyl sites for hydroxylation is 1. The lowest BCUT2D eigenvalue weighted by molar-refractivity contribution is -0.384. The molecule has 35 heavy (non-hydrogen) atoms. The Hall–Kier alpha value is -3.83. The van der Waals surface area contributed by atoms with E-state index >= 15 is 0 Å². The van der Waals surface area contributed by atoms with Crippen LogP contribution in [0.15, 0.2) is 47.8 Å². The first-order chi connectivity index (χ1) is 16.9. The lowest BCUT2D eigenvalue weighted by Crippen LogP contribution is -2.37. The van der Waals surface area contributed by atoms with E-state index in [0.29, 0.717) is 42.7 Å². The number of non-ortho nitro benzene ring substituents is 1. The molecule has 0 spiro atoms. The van der Waals surface area contributed by atoms with Gasteiger partial charge >= 0.3 is 5.97 Å². The van der Waals surface area contributed by atoms with E-state index in [2.05, 4.69) is 10.3 Å². The fourth-order valence-corrected chi connectivity index (χ4v) is 4.42. The first-order valence-corrected chi connectivity index (χ1v) is 11.9. The average molecular weight is 497 g/mol. The zero-order chi connectivity index (χ0) is 24.8. The quantitative estimate of drug-likeness (QED) is 0.284. The van der Waals surface area contributed by atoms with Crippen molar-refractivity contribution in [2.24, 2.45) is 0 Å². The predicted molar refractivity (Wildman–Crippen MR) is 131 cm³/mol. The second kappa shape index (κ2) is 11.1. The number of nitro groups is 1. The number of esters is 1. The molecule has 4 rings (SSSR count). The molecule has 10 nitrogen and oxygen atoms in total. The van der Waals surface area contributed by atoms with E-state index in [1.54, 1.807) is 11.4 Å². The Balaban J connectivity index is 1.40. The third-order valence-electron chi connectivity index (χ3n) is 5.44. The maximum absolute atomic E-state index is 12.9. The molecule has 1 aliphatic heterocycles. The van der Waals surface area contributed by atoms with Crippen molar-refractivity contribution in [3.05, 3.63) is 79.8 Å². The molecule has 0 saturated carbocycles. The summed E-state index contributed by atoms with van der Waals surface area (Å²) >= 11 is 1.30. The summed E-state index contributed by atoms with van der Waals surface area (Å²) < 4.78 is 10.8. The summed E-state index contributed by atoms with van der Waals surface area (Å²) in [5, 5.41) is 16.4. The summed E-state index contributed by atoms with van der Waals surface area (Å²) in [4.78, 5) is 42.3. The molecule has 1 aliphatic rings. The van der Waals surface area contributed by atoms with Crippen molar-refractivity contribution in [1.29, 1.82) is 0 Å². The summed E-state index contributed by atoms with van der Waals surface area (Å²) in [5.74, 6) is -0.869. The third kappa shape index (κ3) is 6.19. The van der Waals surface area contributed by atoms with Gasteiger partial charge < -0.3 is 19.7 Å². The number of carbonyl (C=O) groups is 2. The molecule has 0 radical (unpaired) electrons. The van der Waals surface area contributed by atoms with Crippen molar-refractivity contribution in [1.82, 2.24) is 4.98 Å². The van der Waals surface area contributed by atoms with Gasteiger partial charge in [-0.05, 0) is 24.6 Å². The number of para-hydroxylation sites is 1. The molecule has 1 saturated heterocycles. The summed E-state index contributed by atoms with van der Waals surface area (Å²) in [6, 6.07) is 11.7. The summed E-state index contributed by atoms with van der Waals surface area (Å²) in [5.41, 5.74) is 2.70. The molecule has 2 heterocycles. The molecule has 0 unspecified atom stereocenters. The van der Waals surface area contributed by atoms with E-state index in [1.165, 1.54) is 23.5 Å². The minimum atomic E-state index is -0.679. The van der Waals surface area contributed by atoms with Crippen molar-refractivity contribution in [2.45, 2.75) is 20.0 Å². The molecule has 1 amide bonds. The number of aromatic nitrogens is 1. The largest absolute Gasteiger partial charge is 0.455 e. The van der Waals surface area contributed by atoms with Crippen LogP contribution in [0, 0.1) is 17.0 Å². The van der Waals surface area contributed by atoms with E-state index < -0.39 is 10.9 Å². The number of nitrogens with zero attached hydrogens (tertiary/aromatic N) is 3. The van der Waals surface area contributed by atoms with Crippen LogP contribution in [0.1, 0.15) is 26.6 Å². The average Bonchev–Trinajstić information content (AvgIpc) is 3.31. The number of hydrogen-bond donors (Lipinski definition) is 1. The highest BCUT2D eigenvalue weighted by Gasteiger charge is 2.23. The molecule has 1 aromatic heterocycles. The van der Waals surface area contributed by atoms with Crippen LogP contribution < -0.4 is 10.2 Å². The van der Waals surface area contributed by atoms with Crippen LogP contribution in [0.4, 0.5) is 17.1 Å². The lowest BCUT2D eigenvalue weighted by atomic mass is 10.1. The molecule has 0 bridgehead atoms. The molecular weight excluding hydrogens is 472 g/mol. The summed E-state index contributed by atoms with van der Waals surface area (Å²) in [6.45, 7) is 3.95. The van der Waals surface area contributed by atoms with Gasteiger partial charge in [0.2, 0.25) is 5.91 Å². The van der Waals surface area contributed by atoms with E-state index in [4.69, 9.17) is 9.47 Å². The van der Waals surface area contributed by atoms with Gasteiger partial charge in [-0.15, -0.1) is 11.3 Å². The number of anilines is 2. The Kier molecular flexibility index (Phi) is 7.68. The van der Waals surface area contributed by atoms with Gasteiger partial charge in [0.25, 0.3) is 5.69 Å². The van der Waals surface area contributed by atoms with Crippen LogP contribution in [0.5, 0.6) is 0 Å². The normalized spacial score (nSPS) is 13.3. The first-order valence-electron chi connectivity index (χ1n) is 11.0. The monoisotopic (exact) mass is 496 g/mol. The second-order valence-electron chi connectivity index (χ2n) is 7.91. The molecule has 11 heteroatoms. The van der Waals surface area contributed by atoms with E-state index in [-0.39, 0.29) is 30.2 Å². The number of thiazole rings is 1. The van der Waals surface area contributed by atoms with Crippen molar-refractivity contribution in [3.8, 4) is 0 Å². The maximum Gasteiger partial charge on any atom is 0.340 e. The van der Waals surface area contributed by atoms with Gasteiger partial charge in [0.1, 0.15) is 11.6 Å². The molecular formula is C24H24N4O6S. The van der Waals surface area contributed by atoms with Gasteiger partial charge in [-0.1, -0.05) is 18.2 Å². The maximum atomic E-state index is 12.9. The number of nitro benzene ring substituents is 1. The van der Waals surface area contributed by atoms with E-state index in [1.807, 2.05) is 36.1 Å². The van der Waals surface area contributed by atoms with Crippen LogP contribution in [0.3, 0.4) is 0 Å². The number of ether oxygens (including phenoxy) is 2. The number of nitrogens with one attached hydrogen (secondary N) is 1. The van der Waals surface area contributed by atoms with E-state index in [0.717, 1.165) is 11.3 Å². The van der Waals surface area contributed by atoms with Crippen LogP contribution in [0.2, 0.25) is 0 Å². The Morgan fingerprint density at radius 2 is 2.00 bits per heavy atom. The van der Waals surface area contributed by atoms with Gasteiger partial charge in [0.15, 0.2) is 0 Å². The van der Waals surface area contributed by atoms with Gasteiger partial charge in [-0.2, -0.15) is 0 Å². The van der Waals surface area contributed by atoms with E-state index in [9.17, 15) is 19.7 Å². The Morgan fingerprint density at radius 3 is 2.74 bits per heavy atom. The topological polar surface area (TPSA) is 124 Å². The molecule has 0 atom stereocenters. The number of morpholine rings is 1. The van der Waals surface area contributed by atoms with Crippen molar-refractivity contribution >= 4 is 40.3 Å². The first kappa shape index (κ1) is 24.3. The molecule has 0 aliphatic carbocycles. The fourth-order valence-electron chi connectivity index (χ4n) is 3.64. The highest BCUT2D eigenvalue weighted by molar-refractivity contribution is 7.09. The summed E-state index contributed by atoms with van der Waals surface area (Å²) in [7, 11) is 0. The highest BCUT2D eigenvalue weighted by atomic mass is 32.1. The smallest absolute Gasteiger partial charge is 0.340 e. The third-order valence-corrected chi connectivity index (χ3v) is 6.34. The van der Waals surface area contributed by atoms with Gasteiger partial charge in [-0.25, -0.2) is 9.78 Å². The Morgan fingerprint density at radius 1 is 1.23 bits per heavy atom.